The van der Waals surface area contributed by atoms with E-state index in [4.69, 9.17) is 4.74 Å². The van der Waals surface area contributed by atoms with Crippen LogP contribution < -0.4 is 10.8 Å². The molecule has 2 aromatic rings. The summed E-state index contributed by atoms with van der Waals surface area (Å²) in [7, 11) is -2.15. The van der Waals surface area contributed by atoms with Gasteiger partial charge in [0.2, 0.25) is 0 Å². The number of nitrogens with one attached hydrogen (secondary N) is 1. The molecule has 2 rings (SSSR count). The number of aromatic nitrogens is 1. The number of carbonyl (C=O) groups excluding carboxylic acids is 1. The standard InChI is InChI=1S/C12H13BF2N2O4S/c1-12(2,3)21-11(18)17-10-16-8-7(13(19)20)5(14)4-6(15)9(8)22-10/h4,19-20H,1-3H3,(H,16,17,18). The lowest BCUT2D eigenvalue weighted by molar-refractivity contribution is 0.0636. The summed E-state index contributed by atoms with van der Waals surface area (Å²) < 4.78 is 32.3. The molecule has 3 N–H and O–H groups in total. The van der Waals surface area contributed by atoms with E-state index in [-0.39, 0.29) is 15.3 Å². The second-order valence-electron chi connectivity index (χ2n) is 5.45. The summed E-state index contributed by atoms with van der Waals surface area (Å²) in [5.41, 5.74) is -1.54. The highest BCUT2D eigenvalue weighted by atomic mass is 32.1. The van der Waals surface area contributed by atoms with Gasteiger partial charge in [-0.05, 0) is 20.8 Å². The molecular formula is C12H13BF2N2O4S. The van der Waals surface area contributed by atoms with Crippen molar-refractivity contribution in [3.8, 4) is 0 Å². The molecule has 0 spiro atoms. The van der Waals surface area contributed by atoms with E-state index in [1.165, 1.54) is 0 Å². The molecule has 0 aliphatic heterocycles. The minimum absolute atomic E-state index is 0.0457. The average molecular weight is 330 g/mol. The van der Waals surface area contributed by atoms with Crippen LogP contribution in [0, 0.1) is 11.6 Å². The molecule has 6 nitrogen and oxygen atoms in total. The first-order valence-electron chi connectivity index (χ1n) is 6.23. The van der Waals surface area contributed by atoms with Gasteiger partial charge in [-0.1, -0.05) is 11.3 Å². The van der Waals surface area contributed by atoms with Crippen LogP contribution in [0.4, 0.5) is 18.7 Å². The topological polar surface area (TPSA) is 91.7 Å². The predicted octanol–water partition coefficient (Wildman–Crippen LogP) is 1.60. The van der Waals surface area contributed by atoms with Gasteiger partial charge in [0.05, 0.1) is 10.2 Å². The maximum absolute atomic E-state index is 13.7. The van der Waals surface area contributed by atoms with Crippen LogP contribution in [-0.2, 0) is 4.74 Å². The minimum Gasteiger partial charge on any atom is -0.444 e. The Morgan fingerprint density at radius 3 is 2.55 bits per heavy atom. The molecule has 0 saturated heterocycles. The van der Waals surface area contributed by atoms with Crippen molar-refractivity contribution >= 4 is 45.4 Å². The summed E-state index contributed by atoms with van der Waals surface area (Å²) in [6.07, 6.45) is -0.807. The third-order valence-electron chi connectivity index (χ3n) is 2.48. The Balaban J connectivity index is 2.40. The summed E-state index contributed by atoms with van der Waals surface area (Å²) >= 11 is 0.732. The van der Waals surface area contributed by atoms with Crippen molar-refractivity contribution in [2.24, 2.45) is 0 Å². The molecule has 1 aromatic carbocycles. The van der Waals surface area contributed by atoms with Gasteiger partial charge in [0.15, 0.2) is 5.13 Å². The van der Waals surface area contributed by atoms with Crippen molar-refractivity contribution in [1.29, 1.82) is 0 Å². The van der Waals surface area contributed by atoms with Crippen molar-refractivity contribution in [3.63, 3.8) is 0 Å². The highest BCUT2D eigenvalue weighted by Gasteiger charge is 2.26. The molecule has 1 amide bonds. The zero-order chi connectivity index (χ0) is 16.7. The lowest BCUT2D eigenvalue weighted by Crippen LogP contribution is -2.34. The van der Waals surface area contributed by atoms with Crippen molar-refractivity contribution < 1.29 is 28.4 Å². The maximum Gasteiger partial charge on any atom is 0.493 e. The van der Waals surface area contributed by atoms with Gasteiger partial charge < -0.3 is 14.8 Å². The maximum atomic E-state index is 13.7. The number of halogens is 2. The SMILES string of the molecule is CC(C)(C)OC(=O)Nc1nc2c(B(O)O)c(F)cc(F)c2s1. The van der Waals surface area contributed by atoms with Gasteiger partial charge in [0.1, 0.15) is 17.2 Å². The van der Waals surface area contributed by atoms with Crippen LogP contribution >= 0.6 is 11.3 Å². The molecule has 0 saturated carbocycles. The van der Waals surface area contributed by atoms with Crippen LogP contribution in [0.2, 0.25) is 0 Å². The van der Waals surface area contributed by atoms with E-state index < -0.39 is 35.9 Å². The molecule has 10 heteroatoms. The Bertz CT molecular complexity index is 730. The zero-order valence-corrected chi connectivity index (χ0v) is 12.8. The monoisotopic (exact) mass is 330 g/mol. The van der Waals surface area contributed by atoms with Crippen LogP contribution in [0.25, 0.3) is 10.2 Å². The Hall–Kier alpha value is -1.78. The number of thiazole rings is 1. The Labute approximate surface area is 128 Å². The molecular weight excluding hydrogens is 317 g/mol. The summed E-state index contributed by atoms with van der Waals surface area (Å²) in [5, 5.41) is 20.6. The molecule has 0 aliphatic rings. The van der Waals surface area contributed by atoms with Crippen molar-refractivity contribution in [2.45, 2.75) is 26.4 Å². The molecule has 0 radical (unpaired) electrons. The lowest BCUT2D eigenvalue weighted by Gasteiger charge is -2.18. The first-order valence-corrected chi connectivity index (χ1v) is 7.04. The summed E-state index contributed by atoms with van der Waals surface area (Å²) in [6, 6.07) is 0.534. The van der Waals surface area contributed by atoms with E-state index in [1.54, 1.807) is 20.8 Å². The van der Waals surface area contributed by atoms with Crippen molar-refractivity contribution in [1.82, 2.24) is 4.98 Å². The van der Waals surface area contributed by atoms with E-state index in [0.29, 0.717) is 6.07 Å². The molecule has 0 bridgehead atoms. The molecule has 118 valence electrons. The van der Waals surface area contributed by atoms with Crippen molar-refractivity contribution in [2.75, 3.05) is 5.32 Å². The number of nitrogens with zero attached hydrogens (tertiary/aromatic N) is 1. The summed E-state index contributed by atoms with van der Waals surface area (Å²) in [4.78, 5) is 15.5. The van der Waals surface area contributed by atoms with Gasteiger partial charge in [0.25, 0.3) is 0 Å². The molecule has 1 heterocycles. The Morgan fingerprint density at radius 2 is 2.00 bits per heavy atom. The van der Waals surface area contributed by atoms with E-state index in [9.17, 15) is 23.6 Å². The third-order valence-corrected chi connectivity index (χ3v) is 3.46. The third kappa shape index (κ3) is 3.51. The summed E-state index contributed by atoms with van der Waals surface area (Å²) in [5.74, 6) is -2.04. The molecule has 0 atom stereocenters. The largest absolute Gasteiger partial charge is 0.493 e. The summed E-state index contributed by atoms with van der Waals surface area (Å²) in [6.45, 7) is 5.00. The smallest absolute Gasteiger partial charge is 0.444 e. The predicted molar refractivity (Wildman–Crippen MR) is 79.2 cm³/mol. The quantitative estimate of drug-likeness (QED) is 0.728. The number of anilines is 1. The number of fused-ring (bicyclic) bond motifs is 1. The highest BCUT2D eigenvalue weighted by molar-refractivity contribution is 7.22. The van der Waals surface area contributed by atoms with Crippen LogP contribution in [0.3, 0.4) is 0 Å². The number of hydrogen-bond acceptors (Lipinski definition) is 6. The number of hydrogen-bond donors (Lipinski definition) is 3. The Morgan fingerprint density at radius 1 is 1.36 bits per heavy atom. The number of benzene rings is 1. The first kappa shape index (κ1) is 16.6. The second-order valence-corrected chi connectivity index (χ2v) is 6.45. The molecule has 22 heavy (non-hydrogen) atoms. The number of amides is 1. The van der Waals surface area contributed by atoms with Crippen LogP contribution in [0.5, 0.6) is 0 Å². The number of carbonyl (C=O) groups is 1. The van der Waals surface area contributed by atoms with Gasteiger partial charge in [-0.25, -0.2) is 18.6 Å². The van der Waals surface area contributed by atoms with E-state index in [0.717, 1.165) is 11.3 Å². The Kier molecular flexibility index (Phi) is 4.36. The number of ether oxygens (including phenoxy) is 1. The average Bonchev–Trinajstić information content (AvgIpc) is 2.68. The molecule has 1 aromatic heterocycles. The van der Waals surface area contributed by atoms with Crippen molar-refractivity contribution in [3.05, 3.63) is 17.7 Å². The van der Waals surface area contributed by atoms with Crippen LogP contribution in [0.15, 0.2) is 6.07 Å². The number of rotatable bonds is 2. The van der Waals surface area contributed by atoms with Gasteiger partial charge in [-0.3, -0.25) is 5.32 Å². The molecule has 0 unspecified atom stereocenters. The first-order chi connectivity index (χ1) is 10.1. The second kappa shape index (κ2) is 5.78. The fourth-order valence-corrected chi connectivity index (χ4v) is 2.60. The fraction of sp³-hybridized carbons (Fsp3) is 0.333. The minimum atomic E-state index is -2.15. The normalized spacial score (nSPS) is 11.6. The van der Waals surface area contributed by atoms with Gasteiger partial charge in [-0.15, -0.1) is 0 Å². The van der Waals surface area contributed by atoms with Crippen LogP contribution in [0.1, 0.15) is 20.8 Å². The van der Waals surface area contributed by atoms with Crippen LogP contribution in [-0.4, -0.2) is 33.8 Å². The van der Waals surface area contributed by atoms with E-state index in [1.807, 2.05) is 0 Å². The highest BCUT2D eigenvalue weighted by Crippen LogP contribution is 2.28. The zero-order valence-electron chi connectivity index (χ0n) is 12.0. The molecule has 0 fully saturated rings. The van der Waals surface area contributed by atoms with E-state index in [2.05, 4.69) is 10.3 Å². The van der Waals surface area contributed by atoms with Gasteiger partial charge in [-0.2, -0.15) is 0 Å². The van der Waals surface area contributed by atoms with E-state index >= 15 is 0 Å². The van der Waals surface area contributed by atoms with Gasteiger partial charge in [0, 0.05) is 11.5 Å². The lowest BCUT2D eigenvalue weighted by atomic mass is 9.79. The van der Waals surface area contributed by atoms with Gasteiger partial charge >= 0.3 is 13.2 Å². The fourth-order valence-electron chi connectivity index (χ4n) is 1.72. The molecule has 0 aliphatic carbocycles.